The van der Waals surface area contributed by atoms with Crippen molar-refractivity contribution < 1.29 is 0 Å². The zero-order valence-electron chi connectivity index (χ0n) is 9.96. The number of hydrogen-bond donors (Lipinski definition) is 1. The van der Waals surface area contributed by atoms with Crippen molar-refractivity contribution in [3.63, 3.8) is 0 Å². The molecule has 3 heterocycles. The van der Waals surface area contributed by atoms with Crippen LogP contribution in [0.1, 0.15) is 6.42 Å². The first-order chi connectivity index (χ1) is 8.24. The van der Waals surface area contributed by atoms with Crippen LogP contribution in [0.15, 0.2) is 6.20 Å². The minimum absolute atomic E-state index is 0.567. The van der Waals surface area contributed by atoms with Crippen LogP contribution in [0.4, 0.5) is 5.82 Å². The van der Waals surface area contributed by atoms with Crippen LogP contribution in [0.2, 0.25) is 0 Å². The predicted octanol–water partition coefficient (Wildman–Crippen LogP) is -0.112. The summed E-state index contributed by atoms with van der Waals surface area (Å²) in [7, 11) is 4.22. The third-order valence-corrected chi connectivity index (χ3v) is 3.25. The Morgan fingerprint density at radius 3 is 2.94 bits per heavy atom. The lowest BCUT2D eigenvalue weighted by Crippen LogP contribution is -2.31. The number of aromatic amines is 1. The van der Waals surface area contributed by atoms with Crippen molar-refractivity contribution in [2.45, 2.75) is 12.5 Å². The lowest BCUT2D eigenvalue weighted by atomic mass is 10.2. The van der Waals surface area contributed by atoms with Gasteiger partial charge in [-0.25, -0.2) is 9.97 Å². The molecule has 0 saturated carbocycles. The average molecular weight is 233 g/mol. The lowest BCUT2D eigenvalue weighted by molar-refractivity contribution is 0.315. The van der Waals surface area contributed by atoms with Crippen LogP contribution < -0.4 is 4.90 Å². The van der Waals surface area contributed by atoms with Gasteiger partial charge in [0.1, 0.15) is 5.82 Å². The summed E-state index contributed by atoms with van der Waals surface area (Å²) < 4.78 is 0. The zero-order valence-corrected chi connectivity index (χ0v) is 9.96. The number of hydrogen-bond acceptors (Lipinski definition) is 6. The second-order valence-corrected chi connectivity index (χ2v) is 4.55. The number of H-pyrrole nitrogens is 1. The van der Waals surface area contributed by atoms with E-state index in [0.717, 1.165) is 25.3 Å². The van der Waals surface area contributed by atoms with Gasteiger partial charge in [-0.1, -0.05) is 0 Å². The van der Waals surface area contributed by atoms with Gasteiger partial charge in [0.2, 0.25) is 11.3 Å². The van der Waals surface area contributed by atoms with Gasteiger partial charge in [0.05, 0.1) is 6.20 Å². The highest BCUT2D eigenvalue weighted by atomic mass is 15.4. The van der Waals surface area contributed by atoms with Gasteiger partial charge >= 0.3 is 0 Å². The number of aromatic nitrogens is 5. The Bertz CT molecular complexity index is 520. The van der Waals surface area contributed by atoms with Gasteiger partial charge in [-0.05, 0) is 20.5 Å². The minimum Gasteiger partial charge on any atom is -0.354 e. The topological polar surface area (TPSA) is 73.8 Å². The first kappa shape index (κ1) is 10.4. The molecule has 0 bridgehead atoms. The molecule has 17 heavy (non-hydrogen) atoms. The van der Waals surface area contributed by atoms with E-state index in [0.29, 0.717) is 17.3 Å². The fourth-order valence-electron chi connectivity index (χ4n) is 2.16. The van der Waals surface area contributed by atoms with Crippen molar-refractivity contribution in [1.29, 1.82) is 0 Å². The maximum absolute atomic E-state index is 4.45. The van der Waals surface area contributed by atoms with E-state index in [-0.39, 0.29) is 0 Å². The van der Waals surface area contributed by atoms with Crippen LogP contribution in [0.25, 0.3) is 11.3 Å². The van der Waals surface area contributed by atoms with E-state index in [1.54, 1.807) is 6.20 Å². The Labute approximate surface area is 98.8 Å². The van der Waals surface area contributed by atoms with Gasteiger partial charge < -0.3 is 9.80 Å². The summed E-state index contributed by atoms with van der Waals surface area (Å²) in [4.78, 5) is 13.2. The summed E-state index contributed by atoms with van der Waals surface area (Å²) in [5.41, 5.74) is 1.15. The maximum atomic E-state index is 4.45. The van der Waals surface area contributed by atoms with E-state index in [9.17, 15) is 0 Å². The van der Waals surface area contributed by atoms with Gasteiger partial charge in [0.25, 0.3) is 0 Å². The van der Waals surface area contributed by atoms with E-state index in [1.165, 1.54) is 0 Å². The van der Waals surface area contributed by atoms with E-state index in [4.69, 9.17) is 0 Å². The van der Waals surface area contributed by atoms with Crippen LogP contribution in [0.5, 0.6) is 0 Å². The third-order valence-electron chi connectivity index (χ3n) is 3.25. The van der Waals surface area contributed by atoms with E-state index < -0.39 is 0 Å². The summed E-state index contributed by atoms with van der Waals surface area (Å²) in [6, 6.07) is 0.588. The van der Waals surface area contributed by atoms with Crippen molar-refractivity contribution >= 4 is 17.1 Å². The highest BCUT2D eigenvalue weighted by Gasteiger charge is 2.25. The Morgan fingerprint density at radius 1 is 1.35 bits per heavy atom. The molecule has 90 valence electrons. The monoisotopic (exact) mass is 233 g/mol. The van der Waals surface area contributed by atoms with Crippen molar-refractivity contribution in [2.24, 2.45) is 0 Å². The molecule has 1 aliphatic heterocycles. The lowest BCUT2D eigenvalue weighted by Gasteiger charge is -2.20. The second-order valence-electron chi connectivity index (χ2n) is 4.55. The SMILES string of the molecule is CN(C)[C@H]1CCN(c2cnc3n[nH]nc3n2)C1. The first-order valence-electron chi connectivity index (χ1n) is 5.69. The van der Waals surface area contributed by atoms with E-state index in [1.807, 2.05) is 0 Å². The highest BCUT2D eigenvalue weighted by molar-refractivity contribution is 5.65. The molecule has 1 N–H and O–H groups in total. The molecule has 3 rings (SSSR count). The number of anilines is 1. The Kier molecular flexibility index (Phi) is 2.40. The van der Waals surface area contributed by atoms with Gasteiger partial charge in [-0.3, -0.25) is 0 Å². The molecule has 1 fully saturated rings. The average Bonchev–Trinajstić information content (AvgIpc) is 2.97. The molecule has 2 aromatic heterocycles. The molecular formula is C10H15N7. The largest absolute Gasteiger partial charge is 0.354 e. The smallest absolute Gasteiger partial charge is 0.222 e. The number of nitrogens with zero attached hydrogens (tertiary/aromatic N) is 6. The molecule has 0 unspecified atom stereocenters. The zero-order chi connectivity index (χ0) is 11.8. The molecule has 1 saturated heterocycles. The maximum Gasteiger partial charge on any atom is 0.222 e. The molecule has 2 aromatic rings. The number of rotatable bonds is 2. The summed E-state index contributed by atoms with van der Waals surface area (Å²) in [6.07, 6.45) is 2.93. The van der Waals surface area contributed by atoms with Gasteiger partial charge in [-0.15, -0.1) is 10.2 Å². The standard InChI is InChI=1S/C10H15N7/c1-16(2)7-3-4-17(6-7)8-5-11-9-10(12-8)14-15-13-9/h5,7H,3-4,6H2,1-2H3,(H,11,12,13,14,15)/t7-/m0/s1. The molecule has 0 spiro atoms. The Hall–Kier alpha value is -1.76. The molecule has 7 heteroatoms. The minimum atomic E-state index is 0.567. The molecule has 0 aliphatic carbocycles. The Balaban J connectivity index is 1.84. The van der Waals surface area contributed by atoms with Crippen LogP contribution in [0, 0.1) is 0 Å². The molecule has 0 radical (unpaired) electrons. The molecule has 1 atom stereocenters. The fourth-order valence-corrected chi connectivity index (χ4v) is 2.16. The Morgan fingerprint density at radius 2 is 2.18 bits per heavy atom. The van der Waals surface area contributed by atoms with E-state index in [2.05, 4.69) is 49.3 Å². The van der Waals surface area contributed by atoms with Crippen LogP contribution in [0.3, 0.4) is 0 Å². The van der Waals surface area contributed by atoms with E-state index >= 15 is 0 Å². The molecule has 0 amide bonds. The molecule has 0 aromatic carbocycles. The molecule has 7 nitrogen and oxygen atoms in total. The van der Waals surface area contributed by atoms with Gasteiger partial charge in [-0.2, -0.15) is 5.21 Å². The predicted molar refractivity (Wildman–Crippen MR) is 63.8 cm³/mol. The normalized spacial score (nSPS) is 20.6. The second kappa shape index (κ2) is 3.92. The summed E-state index contributed by atoms with van der Waals surface area (Å²) in [6.45, 7) is 2.01. The number of fused-ring (bicyclic) bond motifs is 1. The fraction of sp³-hybridized carbons (Fsp3) is 0.600. The van der Waals surface area contributed by atoms with Crippen LogP contribution in [-0.4, -0.2) is 63.5 Å². The summed E-state index contributed by atoms with van der Waals surface area (Å²) in [5, 5.41) is 10.4. The highest BCUT2D eigenvalue weighted by Crippen LogP contribution is 2.20. The van der Waals surface area contributed by atoms with Crippen LogP contribution in [-0.2, 0) is 0 Å². The molecular weight excluding hydrogens is 218 g/mol. The third kappa shape index (κ3) is 1.82. The van der Waals surface area contributed by atoms with Crippen molar-refractivity contribution in [2.75, 3.05) is 32.1 Å². The van der Waals surface area contributed by atoms with Crippen molar-refractivity contribution in [3.05, 3.63) is 6.20 Å². The molecule has 1 aliphatic rings. The van der Waals surface area contributed by atoms with Crippen molar-refractivity contribution in [1.82, 2.24) is 30.3 Å². The van der Waals surface area contributed by atoms with Crippen molar-refractivity contribution in [3.8, 4) is 0 Å². The number of nitrogens with one attached hydrogen (secondary N) is 1. The summed E-state index contributed by atoms with van der Waals surface area (Å²) >= 11 is 0. The van der Waals surface area contributed by atoms with Crippen LogP contribution >= 0.6 is 0 Å². The quantitative estimate of drug-likeness (QED) is 0.780. The summed E-state index contributed by atoms with van der Waals surface area (Å²) in [5.74, 6) is 0.885. The first-order valence-corrected chi connectivity index (χ1v) is 5.69. The van der Waals surface area contributed by atoms with Gasteiger partial charge in [0.15, 0.2) is 0 Å². The number of likely N-dealkylation sites (N-methyl/N-ethyl adjacent to an activating group) is 1. The van der Waals surface area contributed by atoms with Gasteiger partial charge in [0, 0.05) is 19.1 Å².